The van der Waals surface area contributed by atoms with Crippen LogP contribution in [-0.4, -0.2) is 44.7 Å². The van der Waals surface area contributed by atoms with Crippen LogP contribution in [0.4, 0.5) is 0 Å². The average Bonchev–Trinajstić information content (AvgIpc) is 3.76. The first-order chi connectivity index (χ1) is 20.0. The molecule has 0 amide bonds. The van der Waals surface area contributed by atoms with Crippen LogP contribution >= 0.6 is 0 Å². The van der Waals surface area contributed by atoms with Gasteiger partial charge in [-0.15, -0.1) is 0 Å². The lowest BCUT2D eigenvalue weighted by molar-refractivity contribution is -0.145. The Hall–Kier alpha value is -3.89. The number of ether oxygens (including phenoxy) is 2. The van der Waals surface area contributed by atoms with Crippen molar-refractivity contribution in [3.8, 4) is 16.9 Å². The van der Waals surface area contributed by atoms with E-state index >= 15 is 0 Å². The fourth-order valence-electron chi connectivity index (χ4n) is 5.68. The molecule has 0 saturated heterocycles. The van der Waals surface area contributed by atoms with Gasteiger partial charge in [-0.3, -0.25) is 0 Å². The predicted octanol–water partition coefficient (Wildman–Crippen LogP) is 7.53. The summed E-state index contributed by atoms with van der Waals surface area (Å²) in [5.74, 6) is 1.78. The highest BCUT2D eigenvalue weighted by Gasteiger charge is 2.38. The highest BCUT2D eigenvalue weighted by Crippen LogP contribution is 2.51. The van der Waals surface area contributed by atoms with Crippen LogP contribution in [0.2, 0.25) is 0 Å². The minimum Gasteiger partial charge on any atom is -0.482 e. The minimum atomic E-state index is -0.354. The van der Waals surface area contributed by atoms with E-state index in [0.29, 0.717) is 18.3 Å². The van der Waals surface area contributed by atoms with Crippen molar-refractivity contribution >= 4 is 5.97 Å². The molecule has 0 aliphatic heterocycles. The zero-order chi connectivity index (χ0) is 28.6. The molecule has 2 unspecified atom stereocenters. The standard InChI is InChI=1S/C37H41NO3/c1-4-40-37(39)26-41-36-18-16-30(24-33(36)22-28-13-9-6-10-14-28)29-15-17-34(35-25-31(35)19-20-38(2)3)32(23-29)21-27-11-7-5-8-12-27/h5-18,23-24,31,35H,4,19-22,25-26H2,1-3H3. The molecular weight excluding hydrogens is 506 g/mol. The quantitative estimate of drug-likeness (QED) is 0.162. The van der Waals surface area contributed by atoms with Crippen LogP contribution in [0.25, 0.3) is 11.1 Å². The predicted molar refractivity (Wildman–Crippen MR) is 167 cm³/mol. The Labute approximate surface area is 244 Å². The van der Waals surface area contributed by atoms with Crippen molar-refractivity contribution in [1.82, 2.24) is 4.90 Å². The molecule has 5 rings (SSSR count). The molecule has 4 heteroatoms. The third kappa shape index (κ3) is 7.86. The molecule has 4 aromatic rings. The topological polar surface area (TPSA) is 38.8 Å². The van der Waals surface area contributed by atoms with Gasteiger partial charge in [0.2, 0.25) is 0 Å². The lowest BCUT2D eigenvalue weighted by atomic mass is 9.91. The van der Waals surface area contributed by atoms with Crippen LogP contribution in [0.5, 0.6) is 5.75 Å². The molecule has 41 heavy (non-hydrogen) atoms. The molecular formula is C37H41NO3. The highest BCUT2D eigenvalue weighted by molar-refractivity contribution is 5.72. The van der Waals surface area contributed by atoms with Crippen LogP contribution in [0.1, 0.15) is 53.5 Å². The van der Waals surface area contributed by atoms with Gasteiger partial charge in [0.1, 0.15) is 5.75 Å². The van der Waals surface area contributed by atoms with E-state index in [2.05, 4.69) is 104 Å². The first kappa shape index (κ1) is 28.6. The summed E-state index contributed by atoms with van der Waals surface area (Å²) in [6.07, 6.45) is 4.18. The summed E-state index contributed by atoms with van der Waals surface area (Å²) in [5.41, 5.74) is 8.86. The van der Waals surface area contributed by atoms with Gasteiger partial charge in [0, 0.05) is 6.42 Å². The number of carbonyl (C=O) groups is 1. The first-order valence-electron chi connectivity index (χ1n) is 14.8. The fourth-order valence-corrected chi connectivity index (χ4v) is 5.68. The maximum absolute atomic E-state index is 12.0. The van der Waals surface area contributed by atoms with Gasteiger partial charge in [0.25, 0.3) is 0 Å². The molecule has 0 bridgehead atoms. The molecule has 4 nitrogen and oxygen atoms in total. The van der Waals surface area contributed by atoms with Crippen LogP contribution in [0.15, 0.2) is 97.1 Å². The van der Waals surface area contributed by atoms with Crippen LogP contribution < -0.4 is 4.74 Å². The number of rotatable bonds is 13. The molecule has 0 spiro atoms. The molecule has 1 saturated carbocycles. The molecule has 0 N–H and O–H groups in total. The lowest BCUT2D eigenvalue weighted by Gasteiger charge is -2.16. The Morgan fingerprint density at radius 3 is 2.05 bits per heavy atom. The molecule has 1 aliphatic rings. The minimum absolute atomic E-state index is 0.0960. The maximum atomic E-state index is 12.0. The maximum Gasteiger partial charge on any atom is 0.344 e. The van der Waals surface area contributed by atoms with Crippen molar-refractivity contribution in [3.63, 3.8) is 0 Å². The van der Waals surface area contributed by atoms with Crippen LogP contribution in [0, 0.1) is 5.92 Å². The van der Waals surface area contributed by atoms with Crippen molar-refractivity contribution in [2.24, 2.45) is 5.92 Å². The summed E-state index contributed by atoms with van der Waals surface area (Å²) in [7, 11) is 4.32. The number of hydrogen-bond acceptors (Lipinski definition) is 4. The molecule has 0 heterocycles. The summed E-state index contributed by atoms with van der Waals surface area (Å²) in [4.78, 5) is 14.3. The molecule has 1 aliphatic carbocycles. The zero-order valence-corrected chi connectivity index (χ0v) is 24.5. The van der Waals surface area contributed by atoms with Crippen molar-refractivity contribution in [1.29, 1.82) is 0 Å². The molecule has 0 radical (unpaired) electrons. The van der Waals surface area contributed by atoms with Crippen molar-refractivity contribution in [2.45, 2.75) is 38.5 Å². The zero-order valence-electron chi connectivity index (χ0n) is 24.5. The fraction of sp³-hybridized carbons (Fsp3) is 0.324. The summed E-state index contributed by atoms with van der Waals surface area (Å²) < 4.78 is 11.0. The number of carbonyl (C=O) groups excluding carboxylic acids is 1. The Morgan fingerprint density at radius 1 is 0.805 bits per heavy atom. The van der Waals surface area contributed by atoms with Crippen molar-refractivity contribution in [3.05, 3.63) is 125 Å². The smallest absolute Gasteiger partial charge is 0.344 e. The number of esters is 1. The average molecular weight is 548 g/mol. The number of nitrogens with zero attached hydrogens (tertiary/aromatic N) is 1. The van der Waals surface area contributed by atoms with Gasteiger partial charge in [0.05, 0.1) is 6.61 Å². The molecule has 4 aromatic carbocycles. The van der Waals surface area contributed by atoms with Gasteiger partial charge >= 0.3 is 5.97 Å². The highest BCUT2D eigenvalue weighted by atomic mass is 16.6. The molecule has 2 atom stereocenters. The van der Waals surface area contributed by atoms with Gasteiger partial charge in [-0.05, 0) is 110 Å². The van der Waals surface area contributed by atoms with E-state index in [0.717, 1.165) is 36.4 Å². The Kier molecular flexibility index (Phi) is 9.53. The molecule has 212 valence electrons. The molecule has 1 fully saturated rings. The second kappa shape index (κ2) is 13.6. The van der Waals surface area contributed by atoms with E-state index in [1.165, 1.54) is 40.7 Å². The number of benzene rings is 4. The van der Waals surface area contributed by atoms with E-state index < -0.39 is 0 Å². The third-order valence-corrected chi connectivity index (χ3v) is 7.93. The summed E-state index contributed by atoms with van der Waals surface area (Å²) in [6, 6.07) is 34.5. The summed E-state index contributed by atoms with van der Waals surface area (Å²) >= 11 is 0. The SMILES string of the molecule is CCOC(=O)COc1ccc(-c2ccc(C3CC3CCN(C)C)c(Cc3ccccc3)c2)cc1Cc1ccccc1. The van der Waals surface area contributed by atoms with Gasteiger partial charge < -0.3 is 14.4 Å². The second-order valence-electron chi connectivity index (χ2n) is 11.3. The Bertz CT molecular complexity index is 1430. The molecule has 0 aromatic heterocycles. The third-order valence-electron chi connectivity index (χ3n) is 7.93. The van der Waals surface area contributed by atoms with E-state index in [-0.39, 0.29) is 12.6 Å². The first-order valence-corrected chi connectivity index (χ1v) is 14.8. The van der Waals surface area contributed by atoms with Crippen molar-refractivity contribution < 1.29 is 14.3 Å². The normalized spacial score (nSPS) is 16.0. The summed E-state index contributed by atoms with van der Waals surface area (Å²) in [5, 5.41) is 0. The van der Waals surface area contributed by atoms with Crippen LogP contribution in [-0.2, 0) is 22.4 Å². The van der Waals surface area contributed by atoms with E-state index in [9.17, 15) is 4.79 Å². The van der Waals surface area contributed by atoms with Crippen LogP contribution in [0.3, 0.4) is 0 Å². The number of hydrogen-bond donors (Lipinski definition) is 0. The van der Waals surface area contributed by atoms with E-state index in [1.54, 1.807) is 6.92 Å². The van der Waals surface area contributed by atoms with Gasteiger partial charge in [-0.2, -0.15) is 0 Å². The summed E-state index contributed by atoms with van der Waals surface area (Å²) in [6.45, 7) is 3.19. The Morgan fingerprint density at radius 2 is 1.41 bits per heavy atom. The largest absolute Gasteiger partial charge is 0.482 e. The second-order valence-corrected chi connectivity index (χ2v) is 11.3. The Balaban J connectivity index is 1.45. The van der Waals surface area contributed by atoms with Gasteiger partial charge in [-0.1, -0.05) is 84.9 Å². The van der Waals surface area contributed by atoms with Gasteiger partial charge in [-0.25, -0.2) is 4.79 Å². The monoisotopic (exact) mass is 547 g/mol. The van der Waals surface area contributed by atoms with Crippen molar-refractivity contribution in [2.75, 3.05) is 33.9 Å². The lowest BCUT2D eigenvalue weighted by Crippen LogP contribution is -2.15. The van der Waals surface area contributed by atoms with E-state index in [4.69, 9.17) is 9.47 Å². The van der Waals surface area contributed by atoms with Gasteiger partial charge in [0.15, 0.2) is 6.61 Å². The van der Waals surface area contributed by atoms with E-state index in [1.807, 2.05) is 12.1 Å².